The largest absolute Gasteiger partial charge is 0.566 e. The van der Waals surface area contributed by atoms with Gasteiger partial charge in [-0.05, 0) is 6.92 Å². The van der Waals surface area contributed by atoms with Crippen molar-refractivity contribution in [2.75, 3.05) is 6.61 Å². The van der Waals surface area contributed by atoms with E-state index < -0.39 is 14.6 Å². The van der Waals surface area contributed by atoms with Crippen molar-refractivity contribution in [1.82, 2.24) is 0 Å². The second-order valence-corrected chi connectivity index (χ2v) is 1.88. The predicted molar refractivity (Wildman–Crippen MR) is 24.6 cm³/mol. The first kappa shape index (κ1) is 5.78. The van der Waals surface area contributed by atoms with Gasteiger partial charge in [0.05, 0.1) is 0 Å². The molecule has 3 heteroatoms. The monoisotopic (exact) mass is 108 g/mol. The molecule has 0 saturated carbocycles. The quantitative estimate of drug-likeness (QED) is 0.469. The smallest absolute Gasteiger partial charge is 0.492 e. The maximum atomic E-state index is 5.22. The molecule has 0 aromatic rings. The van der Waals surface area contributed by atoms with E-state index in [0.717, 1.165) is 6.61 Å². The molecule has 0 atom stereocenters. The minimum Gasteiger partial charge on any atom is -0.492 e. The molecule has 0 radical (unpaired) electrons. The molecule has 0 aromatic carbocycles. The number of hydrogen-bond donors (Lipinski definition) is 0. The van der Waals surface area contributed by atoms with E-state index in [0.29, 0.717) is 0 Å². The fraction of sp³-hybridized carbons (Fsp3) is 1.00. The van der Waals surface area contributed by atoms with Crippen LogP contribution in [0.15, 0.2) is 0 Å². The summed E-state index contributed by atoms with van der Waals surface area (Å²) in [5.41, 5.74) is 0. The Morgan fingerprint density at radius 1 is 2.00 bits per heavy atom. The first-order valence-electron chi connectivity index (χ1n) is 1.55. The summed E-state index contributed by atoms with van der Waals surface area (Å²) in [5, 5.41) is 0. The summed E-state index contributed by atoms with van der Waals surface area (Å²) in [6.07, 6.45) is 0. The molecule has 5 heavy (non-hydrogen) atoms. The van der Waals surface area contributed by atoms with Gasteiger partial charge in [-0.25, -0.2) is 10.0 Å². The normalized spacial score (nSPS) is 7.60. The van der Waals surface area contributed by atoms with Crippen LogP contribution in [0.2, 0.25) is 0 Å². The molecule has 0 heterocycles. The highest BCUT2D eigenvalue weighted by Crippen LogP contribution is 1.69. The van der Waals surface area contributed by atoms with Crippen LogP contribution in [-0.4, -0.2) is 21.2 Å². The molecular weight excluding hydrogens is 102 g/mol. The van der Waals surface area contributed by atoms with E-state index >= 15 is 0 Å². The summed E-state index contributed by atoms with van der Waals surface area (Å²) >= 11 is -0.614. The second kappa shape index (κ2) is 4.78. The lowest BCUT2D eigenvalue weighted by Gasteiger charge is -1.83. The predicted octanol–water partition coefficient (Wildman–Crippen LogP) is 0.528. The van der Waals surface area contributed by atoms with Gasteiger partial charge in [-0.2, -0.15) is 0 Å². The minimum absolute atomic E-state index is 0.614. The number of hydrogen-bond acceptors (Lipinski definition) is 1. The third kappa shape index (κ3) is 4.78. The van der Waals surface area contributed by atoms with E-state index in [9.17, 15) is 0 Å². The molecule has 0 aliphatic heterocycles. The lowest BCUT2D eigenvalue weighted by Crippen LogP contribution is -1.86. The van der Waals surface area contributed by atoms with Crippen LogP contribution < -0.4 is 0 Å². The number of rotatable bonds is 2. The average Bonchev–Trinajstić information content (AvgIpc) is 1.41. The number of halogens is 1. The second-order valence-electron chi connectivity index (χ2n) is 0.602. The van der Waals surface area contributed by atoms with Crippen molar-refractivity contribution in [3.63, 3.8) is 0 Å². The first-order valence-corrected chi connectivity index (χ1v) is 4.27. The van der Waals surface area contributed by atoms with Gasteiger partial charge in [0, 0.05) is 6.61 Å². The molecule has 0 rings (SSSR count). The van der Waals surface area contributed by atoms with Gasteiger partial charge in [0.2, 0.25) is 0 Å². The molecule has 0 bridgehead atoms. The molecule has 0 spiro atoms. The molecule has 0 N–H and O–H groups in total. The van der Waals surface area contributed by atoms with Gasteiger partial charge in [0.15, 0.2) is 0 Å². The maximum Gasteiger partial charge on any atom is 0.566 e. The fourth-order valence-corrected chi connectivity index (χ4v) is 0.694. The van der Waals surface area contributed by atoms with Gasteiger partial charge >= 0.3 is 14.6 Å². The van der Waals surface area contributed by atoms with Crippen molar-refractivity contribution in [1.29, 1.82) is 0 Å². The summed E-state index contributed by atoms with van der Waals surface area (Å²) in [7, 11) is 5.22. The summed E-state index contributed by atoms with van der Waals surface area (Å²) < 4.78 is 4.74. The molecule has 0 amide bonds. The van der Waals surface area contributed by atoms with E-state index in [2.05, 4.69) is 0 Å². The molecular formula is C2H6AlClO. The Bertz CT molecular complexity index is 17.1. The SMILES string of the molecule is CC[O][AlH][Cl]. The minimum atomic E-state index is -0.614. The molecule has 0 aliphatic rings. The Hall–Kier alpha value is 0.782. The fourth-order valence-electron chi connectivity index (χ4n) is 0.0772. The standard InChI is InChI=1S/C2H5O.Al.ClH.H/c1-2-3;;;/h2H2,1H3;;1H;/q-1;+2;;/p-1. The van der Waals surface area contributed by atoms with Crippen molar-refractivity contribution in [2.24, 2.45) is 0 Å². The van der Waals surface area contributed by atoms with Gasteiger partial charge in [0.25, 0.3) is 0 Å². The zero-order chi connectivity index (χ0) is 4.12. The lowest BCUT2D eigenvalue weighted by molar-refractivity contribution is 0.371. The van der Waals surface area contributed by atoms with Crippen LogP contribution in [0.4, 0.5) is 0 Å². The van der Waals surface area contributed by atoms with Crippen LogP contribution in [0.5, 0.6) is 0 Å². The summed E-state index contributed by atoms with van der Waals surface area (Å²) in [6, 6.07) is 0. The Balaban J connectivity index is 2.19. The van der Waals surface area contributed by atoms with Crippen LogP contribution in [0.1, 0.15) is 6.92 Å². The summed E-state index contributed by atoms with van der Waals surface area (Å²) in [6.45, 7) is 2.71. The summed E-state index contributed by atoms with van der Waals surface area (Å²) in [4.78, 5) is 0. The third-order valence-corrected chi connectivity index (χ3v) is 1.31. The zero-order valence-corrected chi connectivity index (χ0v) is 5.37. The van der Waals surface area contributed by atoms with Crippen LogP contribution in [0.25, 0.3) is 0 Å². The van der Waals surface area contributed by atoms with Crippen molar-refractivity contribution < 1.29 is 3.79 Å². The van der Waals surface area contributed by atoms with Crippen molar-refractivity contribution in [2.45, 2.75) is 6.92 Å². The molecule has 1 nitrogen and oxygen atoms in total. The van der Waals surface area contributed by atoms with Crippen LogP contribution in [0, 0.1) is 0 Å². The van der Waals surface area contributed by atoms with E-state index in [1.807, 2.05) is 6.92 Å². The third-order valence-electron chi connectivity index (χ3n) is 0.281. The Labute approximate surface area is 42.5 Å². The van der Waals surface area contributed by atoms with E-state index in [1.165, 1.54) is 0 Å². The topological polar surface area (TPSA) is 9.23 Å². The lowest BCUT2D eigenvalue weighted by atomic mass is 10.9. The van der Waals surface area contributed by atoms with E-state index in [4.69, 9.17) is 13.8 Å². The van der Waals surface area contributed by atoms with E-state index in [-0.39, 0.29) is 0 Å². The molecule has 0 saturated heterocycles. The highest BCUT2D eigenvalue weighted by Gasteiger charge is 1.77. The maximum absolute atomic E-state index is 5.22. The van der Waals surface area contributed by atoms with Crippen molar-refractivity contribution in [3.05, 3.63) is 0 Å². The van der Waals surface area contributed by atoms with Crippen molar-refractivity contribution in [3.8, 4) is 0 Å². The Morgan fingerprint density at radius 2 is 2.60 bits per heavy atom. The zero-order valence-electron chi connectivity index (χ0n) is 3.20. The van der Waals surface area contributed by atoms with Crippen LogP contribution in [-0.2, 0) is 3.79 Å². The van der Waals surface area contributed by atoms with Gasteiger partial charge in [-0.15, -0.1) is 0 Å². The van der Waals surface area contributed by atoms with Gasteiger partial charge in [-0.3, -0.25) is 0 Å². The van der Waals surface area contributed by atoms with Crippen LogP contribution >= 0.6 is 10.0 Å². The summed E-state index contributed by atoms with van der Waals surface area (Å²) in [5.74, 6) is 0. The first-order chi connectivity index (χ1) is 2.41. The van der Waals surface area contributed by atoms with E-state index in [1.54, 1.807) is 0 Å². The molecule has 30 valence electrons. The van der Waals surface area contributed by atoms with Crippen molar-refractivity contribution >= 4 is 24.7 Å². The average molecular weight is 109 g/mol. The Morgan fingerprint density at radius 3 is 2.60 bits per heavy atom. The van der Waals surface area contributed by atoms with Gasteiger partial charge in [-0.1, -0.05) is 0 Å². The molecule has 0 unspecified atom stereocenters. The molecule has 0 aromatic heterocycles. The highest BCUT2D eigenvalue weighted by molar-refractivity contribution is 6.89. The van der Waals surface area contributed by atoms with Gasteiger partial charge in [0.1, 0.15) is 0 Å². The highest BCUT2D eigenvalue weighted by atomic mass is 35.6. The molecule has 0 fully saturated rings. The Kier molecular flexibility index (Phi) is 5.53. The van der Waals surface area contributed by atoms with Gasteiger partial charge < -0.3 is 3.79 Å². The van der Waals surface area contributed by atoms with Crippen LogP contribution in [0.3, 0.4) is 0 Å². The molecule has 0 aliphatic carbocycles.